The fourth-order valence-corrected chi connectivity index (χ4v) is 3.40. The molecule has 3 nitrogen and oxygen atoms in total. The lowest BCUT2D eigenvalue weighted by Gasteiger charge is -2.11. The Kier molecular flexibility index (Phi) is 4.59. The summed E-state index contributed by atoms with van der Waals surface area (Å²) in [7, 11) is -0.736. The summed E-state index contributed by atoms with van der Waals surface area (Å²) in [6, 6.07) is 5.98. The highest BCUT2D eigenvalue weighted by molar-refractivity contribution is 7.84. The largest absolute Gasteiger partial charge is 0.359 e. The van der Waals surface area contributed by atoms with Crippen LogP contribution in [0.25, 0.3) is 10.2 Å². The minimum absolute atomic E-state index is 0.268. The van der Waals surface area contributed by atoms with Gasteiger partial charge in [0.1, 0.15) is 0 Å². The van der Waals surface area contributed by atoms with Crippen LogP contribution in [0.15, 0.2) is 18.2 Å². The highest BCUT2D eigenvalue weighted by atomic mass is 35.5. The van der Waals surface area contributed by atoms with Gasteiger partial charge in [0.2, 0.25) is 0 Å². The molecule has 2 atom stereocenters. The van der Waals surface area contributed by atoms with E-state index in [4.69, 9.17) is 11.6 Å². The molecule has 18 heavy (non-hydrogen) atoms. The lowest BCUT2D eigenvalue weighted by molar-refractivity contribution is 0.678. The second-order valence-electron chi connectivity index (χ2n) is 4.24. The molecule has 0 spiro atoms. The molecule has 0 aliphatic rings. The minimum Gasteiger partial charge on any atom is -0.359 e. The standard InChI is InChI=1S/C12H15ClN2OS2/c1-8(5-6-18(2)16)14-12-15-10-7-9(13)3-4-11(10)17-12/h3-4,7-8H,5-6H2,1-2H3,(H,14,15). The molecule has 1 N–H and O–H groups in total. The van der Waals surface area contributed by atoms with Crippen molar-refractivity contribution in [3.8, 4) is 0 Å². The molecule has 0 aliphatic heterocycles. The average molecular weight is 303 g/mol. The van der Waals surface area contributed by atoms with Crippen LogP contribution in [0.4, 0.5) is 5.13 Å². The van der Waals surface area contributed by atoms with E-state index >= 15 is 0 Å². The fourth-order valence-electron chi connectivity index (χ4n) is 1.59. The van der Waals surface area contributed by atoms with Crippen LogP contribution in [0.5, 0.6) is 0 Å². The number of aromatic nitrogens is 1. The third-order valence-electron chi connectivity index (χ3n) is 2.56. The molecule has 0 saturated carbocycles. The quantitative estimate of drug-likeness (QED) is 0.919. The van der Waals surface area contributed by atoms with Crippen molar-refractivity contribution in [2.24, 2.45) is 0 Å². The Morgan fingerprint density at radius 3 is 3.06 bits per heavy atom. The molecule has 1 aromatic heterocycles. The van der Waals surface area contributed by atoms with Crippen LogP contribution in [0.1, 0.15) is 13.3 Å². The molecule has 0 bridgehead atoms. The Balaban J connectivity index is 2.05. The zero-order valence-corrected chi connectivity index (χ0v) is 12.7. The van der Waals surface area contributed by atoms with E-state index in [0.717, 1.165) is 21.8 Å². The van der Waals surface area contributed by atoms with Crippen LogP contribution in [0.3, 0.4) is 0 Å². The number of fused-ring (bicyclic) bond motifs is 1. The number of anilines is 1. The molecule has 0 amide bonds. The van der Waals surface area contributed by atoms with Gasteiger partial charge in [0, 0.05) is 33.9 Å². The molecule has 2 aromatic rings. The van der Waals surface area contributed by atoms with Gasteiger partial charge in [-0.25, -0.2) is 4.98 Å². The number of hydrogen-bond acceptors (Lipinski definition) is 4. The van der Waals surface area contributed by atoms with Gasteiger partial charge in [-0.3, -0.25) is 4.21 Å². The van der Waals surface area contributed by atoms with E-state index in [1.54, 1.807) is 17.6 Å². The molecule has 0 radical (unpaired) electrons. The first-order valence-corrected chi connectivity index (χ1v) is 8.59. The van der Waals surface area contributed by atoms with Crippen LogP contribution >= 0.6 is 22.9 Å². The second kappa shape index (κ2) is 5.99. The van der Waals surface area contributed by atoms with Gasteiger partial charge in [-0.15, -0.1) is 0 Å². The number of nitrogens with zero attached hydrogens (tertiary/aromatic N) is 1. The van der Waals surface area contributed by atoms with Crippen molar-refractivity contribution in [1.82, 2.24) is 4.98 Å². The SMILES string of the molecule is CC(CCS(C)=O)Nc1nc2cc(Cl)ccc2s1. The number of rotatable bonds is 5. The van der Waals surface area contributed by atoms with Crippen LogP contribution in [0, 0.1) is 0 Å². The highest BCUT2D eigenvalue weighted by Gasteiger charge is 2.08. The maximum Gasteiger partial charge on any atom is 0.184 e. The maximum atomic E-state index is 11.0. The lowest BCUT2D eigenvalue weighted by Crippen LogP contribution is -2.17. The summed E-state index contributed by atoms with van der Waals surface area (Å²) in [6.07, 6.45) is 2.60. The van der Waals surface area contributed by atoms with E-state index in [0.29, 0.717) is 10.8 Å². The molecular weight excluding hydrogens is 288 g/mol. The topological polar surface area (TPSA) is 42.0 Å². The average Bonchev–Trinajstić information content (AvgIpc) is 2.67. The van der Waals surface area contributed by atoms with E-state index in [2.05, 4.69) is 17.2 Å². The van der Waals surface area contributed by atoms with Gasteiger partial charge < -0.3 is 5.32 Å². The van der Waals surface area contributed by atoms with Crippen molar-refractivity contribution in [3.63, 3.8) is 0 Å². The summed E-state index contributed by atoms with van der Waals surface area (Å²) >= 11 is 7.54. The number of nitrogens with one attached hydrogen (secondary N) is 1. The van der Waals surface area contributed by atoms with E-state index in [9.17, 15) is 4.21 Å². The van der Waals surface area contributed by atoms with Crippen molar-refractivity contribution in [3.05, 3.63) is 23.2 Å². The van der Waals surface area contributed by atoms with Crippen LogP contribution in [0.2, 0.25) is 5.02 Å². The first-order chi connectivity index (χ1) is 8.54. The molecule has 2 rings (SSSR count). The van der Waals surface area contributed by atoms with Crippen LogP contribution in [-0.2, 0) is 10.8 Å². The van der Waals surface area contributed by atoms with E-state index in [1.165, 1.54) is 0 Å². The fraction of sp³-hybridized carbons (Fsp3) is 0.417. The van der Waals surface area contributed by atoms with E-state index < -0.39 is 10.8 Å². The molecule has 2 unspecified atom stereocenters. The predicted molar refractivity (Wildman–Crippen MR) is 81.3 cm³/mol. The summed E-state index contributed by atoms with van der Waals surface area (Å²) < 4.78 is 12.2. The molecule has 0 aliphatic carbocycles. The number of thiazole rings is 1. The molecule has 6 heteroatoms. The Labute approximate surface area is 118 Å². The second-order valence-corrected chi connectivity index (χ2v) is 7.26. The number of halogens is 1. The Morgan fingerprint density at radius 2 is 2.33 bits per heavy atom. The van der Waals surface area contributed by atoms with Crippen molar-refractivity contribution in [1.29, 1.82) is 0 Å². The van der Waals surface area contributed by atoms with E-state index in [1.807, 2.05) is 18.2 Å². The van der Waals surface area contributed by atoms with Gasteiger partial charge >= 0.3 is 0 Å². The summed E-state index contributed by atoms with van der Waals surface area (Å²) in [6.45, 7) is 2.08. The monoisotopic (exact) mass is 302 g/mol. The van der Waals surface area contributed by atoms with Gasteiger partial charge in [0.25, 0.3) is 0 Å². The van der Waals surface area contributed by atoms with Crippen LogP contribution in [-0.4, -0.2) is 27.2 Å². The Bertz CT molecular complexity index is 570. The lowest BCUT2D eigenvalue weighted by atomic mass is 10.3. The molecule has 0 saturated heterocycles. The zero-order chi connectivity index (χ0) is 13.1. The highest BCUT2D eigenvalue weighted by Crippen LogP contribution is 2.28. The molecular formula is C12H15ClN2OS2. The smallest absolute Gasteiger partial charge is 0.184 e. The maximum absolute atomic E-state index is 11.0. The van der Waals surface area contributed by atoms with Gasteiger partial charge in [0.15, 0.2) is 5.13 Å². The Morgan fingerprint density at radius 1 is 1.56 bits per heavy atom. The predicted octanol–water partition coefficient (Wildman–Crippen LogP) is 3.52. The van der Waals surface area contributed by atoms with Gasteiger partial charge in [-0.1, -0.05) is 22.9 Å². The van der Waals surface area contributed by atoms with Gasteiger partial charge in [-0.05, 0) is 31.5 Å². The third-order valence-corrected chi connectivity index (χ3v) is 4.57. The summed E-state index contributed by atoms with van der Waals surface area (Å²) in [5, 5.41) is 4.93. The van der Waals surface area contributed by atoms with Crippen molar-refractivity contribution < 1.29 is 4.21 Å². The van der Waals surface area contributed by atoms with Gasteiger partial charge in [0.05, 0.1) is 10.2 Å². The minimum atomic E-state index is -0.736. The summed E-state index contributed by atoms with van der Waals surface area (Å²) in [4.78, 5) is 4.49. The van der Waals surface area contributed by atoms with Crippen molar-refractivity contribution >= 4 is 49.1 Å². The van der Waals surface area contributed by atoms with E-state index in [-0.39, 0.29) is 6.04 Å². The molecule has 0 fully saturated rings. The molecule has 1 heterocycles. The first kappa shape index (κ1) is 13.8. The molecule has 98 valence electrons. The molecule has 1 aromatic carbocycles. The first-order valence-electron chi connectivity index (χ1n) is 5.67. The zero-order valence-electron chi connectivity index (χ0n) is 10.3. The van der Waals surface area contributed by atoms with Crippen LogP contribution < -0.4 is 5.32 Å². The number of hydrogen-bond donors (Lipinski definition) is 1. The number of benzene rings is 1. The summed E-state index contributed by atoms with van der Waals surface area (Å²) in [5.41, 5.74) is 0.918. The normalized spacial score (nSPS) is 14.6. The van der Waals surface area contributed by atoms with Crippen molar-refractivity contribution in [2.45, 2.75) is 19.4 Å². The summed E-state index contributed by atoms with van der Waals surface area (Å²) in [5.74, 6) is 0.713. The van der Waals surface area contributed by atoms with Gasteiger partial charge in [-0.2, -0.15) is 0 Å². The van der Waals surface area contributed by atoms with Crippen molar-refractivity contribution in [2.75, 3.05) is 17.3 Å². The third kappa shape index (κ3) is 3.67. The Hall–Kier alpha value is -0.650.